The first kappa shape index (κ1) is 13.8. The maximum atomic E-state index is 6.33. The van der Waals surface area contributed by atoms with Crippen LogP contribution in [0.15, 0.2) is 15.9 Å². The molecule has 0 bridgehead atoms. The second kappa shape index (κ2) is 5.68. The molecule has 0 spiro atoms. The van der Waals surface area contributed by atoms with Crippen molar-refractivity contribution in [1.82, 2.24) is 9.97 Å². The molecule has 0 N–H and O–H groups in total. The second-order valence-corrected chi connectivity index (χ2v) is 7.81. The molecule has 6 heteroatoms. The first-order valence-corrected chi connectivity index (χ1v) is 8.50. The molecule has 1 saturated carbocycles. The Morgan fingerprint density at radius 3 is 2.26 bits per heavy atom. The number of rotatable bonds is 2. The summed E-state index contributed by atoms with van der Waals surface area (Å²) >= 11 is 17.7. The number of aromatic nitrogens is 2. The smallest absolute Gasteiger partial charge is 0.172 e. The van der Waals surface area contributed by atoms with Crippen LogP contribution >= 0.6 is 50.5 Å². The van der Waals surface area contributed by atoms with E-state index < -0.39 is 0 Å². The summed E-state index contributed by atoms with van der Waals surface area (Å²) in [4.78, 5) is 9.81. The first-order valence-electron chi connectivity index (χ1n) is 6.14. The van der Waals surface area contributed by atoms with Gasteiger partial charge in [0, 0.05) is 5.56 Å². The van der Waals surface area contributed by atoms with Gasteiger partial charge in [-0.2, -0.15) is 0 Å². The van der Waals surface area contributed by atoms with Gasteiger partial charge in [0.25, 0.3) is 0 Å². The van der Waals surface area contributed by atoms with Crippen LogP contribution in [0.25, 0.3) is 10.7 Å². The summed E-state index contributed by atoms with van der Waals surface area (Å²) in [5.41, 5.74) is 0.931. The molecule has 2 heterocycles. The lowest BCUT2D eigenvalue weighted by molar-refractivity contribution is 0.715. The van der Waals surface area contributed by atoms with E-state index in [1.165, 1.54) is 12.8 Å². The number of nitrogens with zero attached hydrogens (tertiary/aromatic N) is 2. The predicted molar refractivity (Wildman–Crippen MR) is 84.3 cm³/mol. The fourth-order valence-electron chi connectivity index (χ4n) is 2.51. The van der Waals surface area contributed by atoms with E-state index in [0.29, 0.717) is 22.0 Å². The highest BCUT2D eigenvalue weighted by molar-refractivity contribution is 9.11. The van der Waals surface area contributed by atoms with Crippen molar-refractivity contribution in [2.24, 2.45) is 0 Å². The maximum Gasteiger partial charge on any atom is 0.172 e. The molecule has 0 aliphatic heterocycles. The van der Waals surface area contributed by atoms with Crippen molar-refractivity contribution in [2.45, 2.75) is 31.6 Å². The number of hydrogen-bond donors (Lipinski definition) is 0. The number of thiophene rings is 1. The highest BCUT2D eigenvalue weighted by atomic mass is 79.9. The maximum absolute atomic E-state index is 6.33. The molecule has 0 saturated heterocycles. The highest BCUT2D eigenvalue weighted by Crippen LogP contribution is 2.41. The Kier molecular flexibility index (Phi) is 4.13. The van der Waals surface area contributed by atoms with E-state index in [9.17, 15) is 0 Å². The van der Waals surface area contributed by atoms with Crippen LogP contribution in [0.1, 0.15) is 37.2 Å². The van der Waals surface area contributed by atoms with Gasteiger partial charge in [-0.3, -0.25) is 0 Å². The summed E-state index contributed by atoms with van der Waals surface area (Å²) in [6.07, 6.45) is 4.73. The van der Waals surface area contributed by atoms with Gasteiger partial charge in [-0.1, -0.05) is 36.0 Å². The molecule has 19 heavy (non-hydrogen) atoms. The second-order valence-electron chi connectivity index (χ2n) is 4.63. The Labute approximate surface area is 134 Å². The SMILES string of the molecule is Clc1nc(-c2ccc(Br)s2)nc(Cl)c1C1CCCC1. The van der Waals surface area contributed by atoms with Crippen LogP contribution in [-0.4, -0.2) is 9.97 Å². The molecule has 0 radical (unpaired) electrons. The molecule has 1 aliphatic carbocycles. The van der Waals surface area contributed by atoms with E-state index >= 15 is 0 Å². The summed E-state index contributed by atoms with van der Waals surface area (Å²) in [5.74, 6) is 1.02. The molecule has 0 atom stereocenters. The minimum atomic E-state index is 0.420. The molecule has 1 fully saturated rings. The Hall–Kier alpha value is -0.160. The summed E-state index contributed by atoms with van der Waals surface area (Å²) < 4.78 is 1.04. The molecule has 3 rings (SSSR count). The van der Waals surface area contributed by atoms with Crippen LogP contribution in [0.5, 0.6) is 0 Å². The Bertz CT molecular complexity index is 585. The van der Waals surface area contributed by atoms with E-state index in [1.54, 1.807) is 11.3 Å². The van der Waals surface area contributed by atoms with Gasteiger partial charge in [-0.25, -0.2) is 9.97 Å². The van der Waals surface area contributed by atoms with Crippen molar-refractivity contribution in [3.8, 4) is 10.7 Å². The van der Waals surface area contributed by atoms with Crippen molar-refractivity contribution >= 4 is 50.5 Å². The topological polar surface area (TPSA) is 25.8 Å². The van der Waals surface area contributed by atoms with Crippen molar-refractivity contribution < 1.29 is 0 Å². The van der Waals surface area contributed by atoms with Crippen molar-refractivity contribution in [2.75, 3.05) is 0 Å². The molecule has 0 amide bonds. The van der Waals surface area contributed by atoms with Gasteiger partial charge >= 0.3 is 0 Å². The zero-order valence-corrected chi connectivity index (χ0v) is 13.9. The molecular weight excluding hydrogens is 367 g/mol. The van der Waals surface area contributed by atoms with E-state index in [2.05, 4.69) is 25.9 Å². The third-order valence-corrected chi connectivity index (χ3v) is 5.61. The van der Waals surface area contributed by atoms with E-state index in [4.69, 9.17) is 23.2 Å². The summed E-state index contributed by atoms with van der Waals surface area (Å²) in [5, 5.41) is 1.01. The Morgan fingerprint density at radius 1 is 1.11 bits per heavy atom. The van der Waals surface area contributed by atoms with Gasteiger partial charge in [0.05, 0.1) is 8.66 Å². The molecule has 100 valence electrons. The minimum absolute atomic E-state index is 0.420. The molecule has 1 aliphatic rings. The number of hydrogen-bond acceptors (Lipinski definition) is 3. The van der Waals surface area contributed by atoms with Crippen LogP contribution in [-0.2, 0) is 0 Å². The standard InChI is InChI=1S/C13H11BrCl2N2S/c14-9-6-5-8(19-9)13-17-11(15)10(12(16)18-13)7-3-1-2-4-7/h5-7H,1-4H2. The van der Waals surface area contributed by atoms with Gasteiger partial charge in [0.2, 0.25) is 0 Å². The quantitative estimate of drug-likeness (QED) is 0.606. The van der Waals surface area contributed by atoms with Crippen molar-refractivity contribution in [3.05, 3.63) is 31.8 Å². The van der Waals surface area contributed by atoms with Crippen LogP contribution in [0.3, 0.4) is 0 Å². The Morgan fingerprint density at radius 2 is 1.74 bits per heavy atom. The summed E-state index contributed by atoms with van der Waals surface area (Å²) in [6, 6.07) is 3.93. The van der Waals surface area contributed by atoms with Crippen molar-refractivity contribution in [1.29, 1.82) is 0 Å². The zero-order valence-electron chi connectivity index (χ0n) is 10.00. The monoisotopic (exact) mass is 376 g/mol. The molecule has 2 nitrogen and oxygen atoms in total. The lowest BCUT2D eigenvalue weighted by Gasteiger charge is -2.13. The predicted octanol–water partition coefficient (Wildman–Crippen LogP) is 5.93. The largest absolute Gasteiger partial charge is 0.215 e. The summed E-state index contributed by atoms with van der Waals surface area (Å²) in [6.45, 7) is 0. The normalized spacial score (nSPS) is 16.2. The fraction of sp³-hybridized carbons (Fsp3) is 0.385. The van der Waals surface area contributed by atoms with Crippen LogP contribution < -0.4 is 0 Å². The fourth-order valence-corrected chi connectivity index (χ4v) is 4.53. The van der Waals surface area contributed by atoms with E-state index in [0.717, 1.165) is 27.1 Å². The third kappa shape index (κ3) is 2.82. The number of halogens is 3. The van der Waals surface area contributed by atoms with E-state index in [-0.39, 0.29) is 0 Å². The molecule has 2 aromatic heterocycles. The van der Waals surface area contributed by atoms with Crippen LogP contribution in [0.2, 0.25) is 10.3 Å². The lowest BCUT2D eigenvalue weighted by Crippen LogP contribution is -2.01. The minimum Gasteiger partial charge on any atom is -0.215 e. The molecule has 2 aromatic rings. The van der Waals surface area contributed by atoms with Gasteiger partial charge in [-0.05, 0) is 46.8 Å². The zero-order chi connectivity index (χ0) is 13.4. The third-order valence-electron chi connectivity index (χ3n) is 3.41. The highest BCUT2D eigenvalue weighted by Gasteiger charge is 2.24. The van der Waals surface area contributed by atoms with Gasteiger partial charge in [0.1, 0.15) is 10.3 Å². The van der Waals surface area contributed by atoms with Crippen molar-refractivity contribution in [3.63, 3.8) is 0 Å². The first-order chi connectivity index (χ1) is 9.15. The molecule has 0 unspecified atom stereocenters. The van der Waals surface area contributed by atoms with Gasteiger partial charge in [0.15, 0.2) is 5.82 Å². The Balaban J connectivity index is 2.02. The van der Waals surface area contributed by atoms with Gasteiger partial charge < -0.3 is 0 Å². The summed E-state index contributed by atoms with van der Waals surface area (Å²) in [7, 11) is 0. The van der Waals surface area contributed by atoms with Gasteiger partial charge in [-0.15, -0.1) is 11.3 Å². The lowest BCUT2D eigenvalue weighted by atomic mass is 10.0. The van der Waals surface area contributed by atoms with E-state index in [1.807, 2.05) is 12.1 Å². The van der Waals surface area contributed by atoms with Crippen LogP contribution in [0.4, 0.5) is 0 Å². The average molecular weight is 378 g/mol. The van der Waals surface area contributed by atoms with Crippen LogP contribution in [0, 0.1) is 0 Å². The average Bonchev–Trinajstić information content (AvgIpc) is 2.99. The molecular formula is C13H11BrCl2N2S. The molecule has 0 aromatic carbocycles.